The Kier molecular flexibility index (Phi) is 18.7. The summed E-state index contributed by atoms with van der Waals surface area (Å²) in [6.45, 7) is 21.1. The van der Waals surface area contributed by atoms with Crippen LogP contribution in [0, 0.1) is 0 Å². The molecule has 0 radical (unpaired) electrons. The average molecular weight is 531 g/mol. The van der Waals surface area contributed by atoms with Crippen molar-refractivity contribution < 1.29 is 33.0 Å². The number of allylic oxidation sites excluding steroid dienone is 2. The fraction of sp³-hybridized carbons (Fsp3) is 0.385. The van der Waals surface area contributed by atoms with Crippen LogP contribution in [0.5, 0.6) is 0 Å². The van der Waals surface area contributed by atoms with Crippen molar-refractivity contribution in [1.29, 1.82) is 0 Å². The molecule has 35 heavy (non-hydrogen) atoms. The molecule has 1 aromatic carbocycles. The van der Waals surface area contributed by atoms with Gasteiger partial charge in [-0.25, -0.2) is 18.0 Å². The lowest BCUT2D eigenvalue weighted by Gasteiger charge is -2.19. The third-order valence-electron chi connectivity index (χ3n) is 3.20. The van der Waals surface area contributed by atoms with Gasteiger partial charge in [-0.3, -0.25) is 0 Å². The molecule has 7 nitrogen and oxygen atoms in total. The quantitative estimate of drug-likeness (QED) is 0.199. The van der Waals surface area contributed by atoms with Crippen LogP contribution in [0.4, 0.5) is 0 Å². The van der Waals surface area contributed by atoms with Crippen molar-refractivity contribution in [3.63, 3.8) is 0 Å². The highest BCUT2D eigenvalue weighted by atomic mass is 35.7. The molecule has 0 saturated carbocycles. The van der Waals surface area contributed by atoms with Crippen LogP contribution in [0.3, 0.4) is 0 Å². The Morgan fingerprint density at radius 1 is 0.914 bits per heavy atom. The minimum absolute atomic E-state index is 0.136. The largest absolute Gasteiger partial charge is 0.478 e. The van der Waals surface area contributed by atoms with E-state index in [0.717, 1.165) is 11.1 Å². The zero-order chi connectivity index (χ0) is 28.5. The van der Waals surface area contributed by atoms with Gasteiger partial charge in [0.2, 0.25) is 0 Å². The molecule has 1 rings (SSSR count). The second-order valence-corrected chi connectivity index (χ2v) is 11.2. The monoisotopic (exact) mass is 530 g/mol. The zero-order valence-corrected chi connectivity index (χ0v) is 23.4. The molecule has 0 aliphatic carbocycles. The minimum atomic E-state index is -3.53. The van der Waals surface area contributed by atoms with Gasteiger partial charge >= 0.3 is 11.9 Å². The first-order chi connectivity index (χ1) is 15.7. The normalized spacial score (nSPS) is 10.2. The van der Waals surface area contributed by atoms with Gasteiger partial charge in [0.05, 0.1) is 10.5 Å². The number of ether oxygens (including phenoxy) is 1. The highest BCUT2D eigenvalue weighted by Gasteiger charge is 2.16. The van der Waals surface area contributed by atoms with Gasteiger partial charge in [0.25, 0.3) is 9.05 Å². The first kappa shape index (κ1) is 36.9. The lowest BCUT2D eigenvalue weighted by atomic mass is 10.1. The maximum absolute atomic E-state index is 11.1. The van der Waals surface area contributed by atoms with E-state index < -0.39 is 26.2 Å². The number of benzene rings is 1. The number of esters is 1. The molecule has 0 heterocycles. The van der Waals surface area contributed by atoms with Crippen LogP contribution in [0.25, 0.3) is 0 Å². The fourth-order valence-corrected chi connectivity index (χ4v) is 2.19. The van der Waals surface area contributed by atoms with E-state index in [9.17, 15) is 18.0 Å². The second-order valence-electron chi connectivity index (χ2n) is 8.62. The molecule has 0 aliphatic rings. The predicted molar refractivity (Wildman–Crippen MR) is 143 cm³/mol. The molecule has 0 unspecified atom stereocenters. The van der Waals surface area contributed by atoms with Crippen LogP contribution < -0.4 is 0 Å². The molecular weight excluding hydrogens is 492 g/mol. The summed E-state index contributed by atoms with van der Waals surface area (Å²) in [5.41, 5.74) is 0.468. The lowest BCUT2D eigenvalue weighted by molar-refractivity contribution is -0.146. The van der Waals surface area contributed by atoms with Crippen LogP contribution in [0.1, 0.15) is 55.4 Å². The molecule has 198 valence electrons. The molecule has 2 N–H and O–H groups in total. The number of carbonyl (C=O) groups is 2. The first-order valence-corrected chi connectivity index (χ1v) is 12.7. The summed E-state index contributed by atoms with van der Waals surface area (Å²) in [6, 6.07) is 7.86. The number of hydrogen-bond donors (Lipinski definition) is 2. The van der Waals surface area contributed by atoms with Crippen LogP contribution >= 0.6 is 10.7 Å². The van der Waals surface area contributed by atoms with Crippen molar-refractivity contribution in [2.75, 3.05) is 0 Å². The van der Waals surface area contributed by atoms with Gasteiger partial charge in [-0.05, 0) is 73.6 Å². The summed E-state index contributed by atoms with van der Waals surface area (Å²) in [5.74, 6) is -1.19. The van der Waals surface area contributed by atoms with Gasteiger partial charge in [-0.15, -0.1) is 6.58 Å². The number of aliphatic hydroxyl groups is 1. The number of hydrogen-bond acceptors (Lipinski definition) is 6. The maximum Gasteiger partial charge on any atom is 0.331 e. The Bertz CT molecular complexity index is 961. The molecule has 0 amide bonds. The zero-order valence-electron chi connectivity index (χ0n) is 21.8. The Hall–Kier alpha value is -2.68. The van der Waals surface area contributed by atoms with Crippen molar-refractivity contribution in [3.05, 3.63) is 78.9 Å². The molecule has 0 aromatic heterocycles. The highest BCUT2D eigenvalue weighted by molar-refractivity contribution is 8.13. The molecule has 0 bridgehead atoms. The number of carboxylic acids is 1. The van der Waals surface area contributed by atoms with Crippen molar-refractivity contribution in [2.45, 2.75) is 71.5 Å². The molecule has 0 saturated heterocycles. The van der Waals surface area contributed by atoms with E-state index in [2.05, 4.69) is 13.2 Å². The molecule has 0 atom stereocenters. The predicted octanol–water partition coefficient (Wildman–Crippen LogP) is 6.06. The Balaban J connectivity index is -0.000000405. The van der Waals surface area contributed by atoms with Crippen molar-refractivity contribution >= 4 is 31.7 Å². The highest BCUT2D eigenvalue weighted by Crippen LogP contribution is 2.12. The smallest absolute Gasteiger partial charge is 0.331 e. The van der Waals surface area contributed by atoms with E-state index in [4.69, 9.17) is 25.6 Å². The molecule has 9 heteroatoms. The van der Waals surface area contributed by atoms with Crippen molar-refractivity contribution in [2.24, 2.45) is 0 Å². The van der Waals surface area contributed by atoms with Gasteiger partial charge < -0.3 is 14.9 Å². The standard InChI is InChI=1S/C10H16O2.C6H5ClO2S.C5H8O2.C5H10O/c1-6-10(4,5)12-9(11)7-8(2)3;7-10(8,9)6-4-2-1-3-5-6;1-4(2)3-5(6)7;1-4-5(2,3)6/h6-7H,1H2,2-5H3;1-5H;3H,1-2H3,(H,6,7);4,6H,1H2,2-3H3. The van der Waals surface area contributed by atoms with Crippen LogP contribution in [0.15, 0.2) is 83.8 Å². The maximum atomic E-state index is 11.1. The van der Waals surface area contributed by atoms with E-state index in [-0.39, 0.29) is 10.9 Å². The van der Waals surface area contributed by atoms with Gasteiger partial charge in [-0.1, -0.05) is 42.0 Å². The molecule has 1 aromatic rings. The third kappa shape index (κ3) is 29.3. The minimum Gasteiger partial charge on any atom is -0.478 e. The summed E-state index contributed by atoms with van der Waals surface area (Å²) < 4.78 is 26.3. The van der Waals surface area contributed by atoms with Gasteiger partial charge in [0.1, 0.15) is 5.60 Å². The molecular formula is C26H39ClO7S. The van der Waals surface area contributed by atoms with Crippen LogP contribution in [-0.4, -0.2) is 41.8 Å². The van der Waals surface area contributed by atoms with Gasteiger partial charge in [-0.2, -0.15) is 0 Å². The van der Waals surface area contributed by atoms with E-state index in [1.165, 1.54) is 30.4 Å². The summed E-state index contributed by atoms with van der Waals surface area (Å²) in [5, 5.41) is 16.7. The van der Waals surface area contributed by atoms with Crippen molar-refractivity contribution in [3.8, 4) is 0 Å². The van der Waals surface area contributed by atoms with E-state index >= 15 is 0 Å². The Morgan fingerprint density at radius 2 is 1.31 bits per heavy atom. The summed E-state index contributed by atoms with van der Waals surface area (Å²) in [7, 11) is 1.50. The first-order valence-electron chi connectivity index (χ1n) is 10.4. The number of carbonyl (C=O) groups excluding carboxylic acids is 1. The topological polar surface area (TPSA) is 118 Å². The van der Waals surface area contributed by atoms with Gasteiger partial charge in [0.15, 0.2) is 0 Å². The van der Waals surface area contributed by atoms with Crippen LogP contribution in [0.2, 0.25) is 0 Å². The number of aliphatic carboxylic acids is 1. The molecule has 0 spiro atoms. The lowest BCUT2D eigenvalue weighted by Crippen LogP contribution is -2.24. The molecule has 0 fully saturated rings. The van der Waals surface area contributed by atoms with E-state index in [0.29, 0.717) is 0 Å². The Morgan fingerprint density at radius 3 is 1.51 bits per heavy atom. The van der Waals surface area contributed by atoms with Crippen LogP contribution in [-0.2, 0) is 23.4 Å². The number of carboxylic acid groups (broad SMARTS) is 1. The Labute approximate surface area is 214 Å². The summed E-state index contributed by atoms with van der Waals surface area (Å²) in [6.07, 6.45) is 5.72. The van der Waals surface area contributed by atoms with Crippen molar-refractivity contribution in [1.82, 2.24) is 0 Å². The summed E-state index contributed by atoms with van der Waals surface area (Å²) in [4.78, 5) is 21.0. The average Bonchev–Trinajstić information content (AvgIpc) is 2.67. The third-order valence-corrected chi connectivity index (χ3v) is 4.57. The SMILES string of the molecule is C=CC(C)(C)O.C=CC(C)(C)OC(=O)C=C(C)C.CC(C)=CC(=O)O.O=S(=O)(Cl)c1ccccc1. The number of halogens is 1. The van der Waals surface area contributed by atoms with E-state index in [1.807, 2.05) is 13.8 Å². The molecule has 0 aliphatic heterocycles. The van der Waals surface area contributed by atoms with E-state index in [1.54, 1.807) is 65.8 Å². The second kappa shape index (κ2) is 17.7. The number of rotatable bonds is 6. The fourth-order valence-electron chi connectivity index (χ4n) is 1.40. The summed E-state index contributed by atoms with van der Waals surface area (Å²) >= 11 is 0. The van der Waals surface area contributed by atoms with Gasteiger partial charge in [0, 0.05) is 22.8 Å².